The minimum Gasteiger partial charge on any atom is -0.452 e. The Morgan fingerprint density at radius 3 is 2.25 bits per heavy atom. The van der Waals surface area contributed by atoms with Crippen LogP contribution in [0.2, 0.25) is 0 Å². The molecule has 2 aromatic rings. The molecular weight excluding hydrogens is 302 g/mol. The van der Waals surface area contributed by atoms with Gasteiger partial charge < -0.3 is 10.1 Å². The van der Waals surface area contributed by atoms with Gasteiger partial charge in [0.25, 0.3) is 5.91 Å². The molecule has 0 aliphatic carbocycles. The summed E-state index contributed by atoms with van der Waals surface area (Å²) in [4.78, 5) is 23.9. The molecule has 1 atom stereocenters. The zero-order chi connectivity index (χ0) is 17.5. The molecular formula is C20H23NO3. The number of esters is 1. The van der Waals surface area contributed by atoms with Crippen molar-refractivity contribution < 1.29 is 14.3 Å². The van der Waals surface area contributed by atoms with Crippen LogP contribution in [0.25, 0.3) is 0 Å². The minimum absolute atomic E-state index is 0.138. The molecule has 126 valence electrons. The van der Waals surface area contributed by atoms with Crippen LogP contribution < -0.4 is 5.32 Å². The van der Waals surface area contributed by atoms with E-state index in [2.05, 4.69) is 5.32 Å². The summed E-state index contributed by atoms with van der Waals surface area (Å²) in [5.41, 5.74) is 3.78. The van der Waals surface area contributed by atoms with E-state index in [4.69, 9.17) is 4.74 Å². The van der Waals surface area contributed by atoms with Crippen LogP contribution in [-0.4, -0.2) is 18.5 Å². The summed E-state index contributed by atoms with van der Waals surface area (Å²) in [5, 5.41) is 2.82. The number of ether oxygens (including phenoxy) is 1. The van der Waals surface area contributed by atoms with Gasteiger partial charge in [-0.1, -0.05) is 48.9 Å². The lowest BCUT2D eigenvalue weighted by Gasteiger charge is -2.14. The second-order valence-electron chi connectivity index (χ2n) is 5.83. The van der Waals surface area contributed by atoms with Crippen LogP contribution in [0.4, 0.5) is 0 Å². The van der Waals surface area contributed by atoms with E-state index in [1.165, 1.54) is 5.56 Å². The van der Waals surface area contributed by atoms with Crippen LogP contribution in [0.15, 0.2) is 48.5 Å². The lowest BCUT2D eigenvalue weighted by molar-refractivity contribution is -0.124. The van der Waals surface area contributed by atoms with Gasteiger partial charge in [-0.2, -0.15) is 0 Å². The van der Waals surface area contributed by atoms with Crippen molar-refractivity contribution in [2.24, 2.45) is 0 Å². The molecule has 0 radical (unpaired) electrons. The monoisotopic (exact) mass is 325 g/mol. The number of carbonyl (C=O) groups excluding carboxylic acids is 2. The number of rotatable bonds is 6. The van der Waals surface area contributed by atoms with Gasteiger partial charge in [-0.3, -0.25) is 4.79 Å². The second-order valence-corrected chi connectivity index (χ2v) is 5.83. The van der Waals surface area contributed by atoms with Crippen molar-refractivity contribution in [2.75, 3.05) is 6.61 Å². The van der Waals surface area contributed by atoms with Gasteiger partial charge in [-0.15, -0.1) is 0 Å². The van der Waals surface area contributed by atoms with E-state index in [0.717, 1.165) is 17.5 Å². The molecule has 4 nitrogen and oxygen atoms in total. The van der Waals surface area contributed by atoms with Crippen LogP contribution in [-0.2, 0) is 16.0 Å². The smallest absolute Gasteiger partial charge is 0.338 e. The molecule has 0 fully saturated rings. The molecule has 0 saturated carbocycles. The van der Waals surface area contributed by atoms with Gasteiger partial charge in [0.05, 0.1) is 11.6 Å². The van der Waals surface area contributed by atoms with Crippen molar-refractivity contribution >= 4 is 11.9 Å². The molecule has 0 aromatic heterocycles. The van der Waals surface area contributed by atoms with Gasteiger partial charge in [0.2, 0.25) is 0 Å². The Morgan fingerprint density at radius 2 is 1.67 bits per heavy atom. The van der Waals surface area contributed by atoms with Crippen LogP contribution >= 0.6 is 0 Å². The highest BCUT2D eigenvalue weighted by atomic mass is 16.5. The molecule has 1 N–H and O–H groups in total. The Kier molecular flexibility index (Phi) is 6.13. The van der Waals surface area contributed by atoms with Crippen molar-refractivity contribution in [3.05, 3.63) is 70.8 Å². The van der Waals surface area contributed by atoms with E-state index >= 15 is 0 Å². The number of hydrogen-bond donors (Lipinski definition) is 1. The fourth-order valence-corrected chi connectivity index (χ4v) is 2.31. The van der Waals surface area contributed by atoms with Gasteiger partial charge in [0.15, 0.2) is 6.61 Å². The first-order chi connectivity index (χ1) is 11.5. The van der Waals surface area contributed by atoms with Gasteiger partial charge in [-0.25, -0.2) is 4.79 Å². The summed E-state index contributed by atoms with van der Waals surface area (Å²) >= 11 is 0. The summed E-state index contributed by atoms with van der Waals surface area (Å²) < 4.78 is 5.07. The number of nitrogens with one attached hydrogen (secondary N) is 1. The Labute approximate surface area is 142 Å². The molecule has 0 spiro atoms. The quantitative estimate of drug-likeness (QED) is 0.826. The lowest BCUT2D eigenvalue weighted by atomic mass is 10.1. The average Bonchev–Trinajstić information content (AvgIpc) is 2.60. The van der Waals surface area contributed by atoms with Crippen molar-refractivity contribution in [3.8, 4) is 0 Å². The summed E-state index contributed by atoms with van der Waals surface area (Å²) in [6, 6.07) is 15.0. The van der Waals surface area contributed by atoms with E-state index in [0.29, 0.717) is 5.56 Å². The first kappa shape index (κ1) is 17.7. The van der Waals surface area contributed by atoms with Crippen LogP contribution in [0.1, 0.15) is 46.9 Å². The van der Waals surface area contributed by atoms with Gasteiger partial charge in [0.1, 0.15) is 0 Å². The number of benzene rings is 2. The van der Waals surface area contributed by atoms with Crippen LogP contribution in [0.5, 0.6) is 0 Å². The molecule has 0 aliphatic rings. The maximum Gasteiger partial charge on any atom is 0.338 e. The highest BCUT2D eigenvalue weighted by Crippen LogP contribution is 2.13. The predicted octanol–water partition coefficient (Wildman–Crippen LogP) is 3.59. The zero-order valence-corrected chi connectivity index (χ0v) is 14.3. The molecule has 2 aromatic carbocycles. The molecule has 0 bridgehead atoms. The summed E-state index contributed by atoms with van der Waals surface area (Å²) in [5.74, 6) is -0.808. The fraction of sp³-hybridized carbons (Fsp3) is 0.300. The highest BCUT2D eigenvalue weighted by molar-refractivity contribution is 5.91. The zero-order valence-electron chi connectivity index (χ0n) is 14.3. The van der Waals surface area contributed by atoms with Crippen molar-refractivity contribution in [1.82, 2.24) is 5.32 Å². The first-order valence-corrected chi connectivity index (χ1v) is 8.11. The van der Waals surface area contributed by atoms with E-state index < -0.39 is 5.97 Å². The standard InChI is InChI=1S/C20H23NO3/c1-4-16-7-11-18(12-8-16)20(23)24-13-19(22)21-15(3)17-9-5-14(2)6-10-17/h5-12,15H,4,13H2,1-3H3,(H,21,22)/t15-/m1/s1. The molecule has 24 heavy (non-hydrogen) atoms. The number of aryl methyl sites for hydroxylation is 2. The fourth-order valence-electron chi connectivity index (χ4n) is 2.31. The Bertz CT molecular complexity index is 690. The van der Waals surface area contributed by atoms with E-state index in [9.17, 15) is 9.59 Å². The summed E-state index contributed by atoms with van der Waals surface area (Å²) in [6.45, 7) is 5.67. The van der Waals surface area contributed by atoms with Crippen LogP contribution in [0, 0.1) is 6.92 Å². The Morgan fingerprint density at radius 1 is 1.04 bits per heavy atom. The number of amides is 1. The molecule has 0 heterocycles. The summed E-state index contributed by atoms with van der Waals surface area (Å²) in [6.07, 6.45) is 0.911. The third-order valence-electron chi connectivity index (χ3n) is 3.89. The van der Waals surface area contributed by atoms with Crippen molar-refractivity contribution in [2.45, 2.75) is 33.2 Å². The van der Waals surface area contributed by atoms with E-state index in [1.807, 2.05) is 57.2 Å². The number of carbonyl (C=O) groups is 2. The van der Waals surface area contributed by atoms with Crippen molar-refractivity contribution in [3.63, 3.8) is 0 Å². The topological polar surface area (TPSA) is 55.4 Å². The third kappa shape index (κ3) is 4.95. The molecule has 0 aliphatic heterocycles. The number of hydrogen-bond acceptors (Lipinski definition) is 3. The summed E-state index contributed by atoms with van der Waals surface area (Å²) in [7, 11) is 0. The first-order valence-electron chi connectivity index (χ1n) is 8.11. The highest BCUT2D eigenvalue weighted by Gasteiger charge is 2.13. The van der Waals surface area contributed by atoms with Gasteiger partial charge in [-0.05, 0) is 43.5 Å². The van der Waals surface area contributed by atoms with Crippen molar-refractivity contribution in [1.29, 1.82) is 0 Å². The minimum atomic E-state index is -0.490. The molecule has 2 rings (SSSR count). The van der Waals surface area contributed by atoms with Gasteiger partial charge >= 0.3 is 5.97 Å². The maximum atomic E-state index is 11.9. The average molecular weight is 325 g/mol. The van der Waals surface area contributed by atoms with Gasteiger partial charge in [0, 0.05) is 0 Å². The molecule has 0 saturated heterocycles. The van der Waals surface area contributed by atoms with E-state index in [-0.39, 0.29) is 18.6 Å². The predicted molar refractivity (Wildman–Crippen MR) is 93.8 cm³/mol. The largest absolute Gasteiger partial charge is 0.452 e. The Hall–Kier alpha value is -2.62. The second kappa shape index (κ2) is 8.29. The molecule has 4 heteroatoms. The molecule has 1 amide bonds. The third-order valence-corrected chi connectivity index (χ3v) is 3.89. The Balaban J connectivity index is 1.83. The normalized spacial score (nSPS) is 11.6. The molecule has 0 unspecified atom stereocenters. The maximum absolute atomic E-state index is 11.9. The van der Waals surface area contributed by atoms with Crippen LogP contribution in [0.3, 0.4) is 0 Å². The lowest BCUT2D eigenvalue weighted by Crippen LogP contribution is -2.31. The van der Waals surface area contributed by atoms with E-state index in [1.54, 1.807) is 12.1 Å². The SMILES string of the molecule is CCc1ccc(C(=O)OCC(=O)N[C@H](C)c2ccc(C)cc2)cc1.